The van der Waals surface area contributed by atoms with Crippen LogP contribution < -0.4 is 20.7 Å². The highest BCUT2D eigenvalue weighted by molar-refractivity contribution is 5.93. The third-order valence-corrected chi connectivity index (χ3v) is 4.02. The van der Waals surface area contributed by atoms with Gasteiger partial charge in [0.05, 0.1) is 26.5 Å². The molecule has 3 aromatic rings. The quantitative estimate of drug-likeness (QED) is 0.403. The molecule has 0 spiro atoms. The van der Waals surface area contributed by atoms with E-state index < -0.39 is 5.91 Å². The lowest BCUT2D eigenvalue weighted by molar-refractivity contribution is 0.0948. The Balaban J connectivity index is 1.97. The number of aromatic nitrogens is 2. The van der Waals surface area contributed by atoms with Gasteiger partial charge in [-0.25, -0.2) is 5.84 Å². The van der Waals surface area contributed by atoms with Gasteiger partial charge in [0, 0.05) is 5.56 Å². The second-order valence-electron chi connectivity index (χ2n) is 5.62. The fourth-order valence-corrected chi connectivity index (χ4v) is 2.62. The summed E-state index contributed by atoms with van der Waals surface area (Å²) in [5.74, 6) is 6.35. The number of ether oxygens (including phenoxy) is 2. The molecular formula is C19H20N4O3. The highest BCUT2D eigenvalue weighted by atomic mass is 16.5. The standard InChI is InChI=1S/C19H20N4O3/c1-25-15-7-3-13(4-8-15)12-23-18(11-17(22-23)19(24)21-20)14-5-9-16(26-2)10-6-14/h3-11H,12,20H2,1-2H3,(H,21,24). The molecule has 0 aliphatic heterocycles. The Morgan fingerprint density at radius 2 is 1.62 bits per heavy atom. The highest BCUT2D eigenvalue weighted by Crippen LogP contribution is 2.24. The molecule has 0 aliphatic rings. The zero-order chi connectivity index (χ0) is 18.5. The third-order valence-electron chi connectivity index (χ3n) is 4.02. The van der Waals surface area contributed by atoms with E-state index in [1.54, 1.807) is 25.0 Å². The number of hydrogen-bond acceptors (Lipinski definition) is 5. The maximum atomic E-state index is 11.9. The van der Waals surface area contributed by atoms with Crippen LogP contribution in [0.15, 0.2) is 54.6 Å². The van der Waals surface area contributed by atoms with Crippen molar-refractivity contribution in [2.45, 2.75) is 6.54 Å². The molecule has 3 rings (SSSR count). The number of carbonyl (C=O) groups excluding carboxylic acids is 1. The van der Waals surface area contributed by atoms with Crippen LogP contribution in [0.4, 0.5) is 0 Å². The summed E-state index contributed by atoms with van der Waals surface area (Å²) in [7, 11) is 3.24. The fourth-order valence-electron chi connectivity index (χ4n) is 2.62. The largest absolute Gasteiger partial charge is 0.497 e. The van der Waals surface area contributed by atoms with Gasteiger partial charge in [0.25, 0.3) is 5.91 Å². The van der Waals surface area contributed by atoms with Crippen molar-refractivity contribution in [3.05, 3.63) is 65.9 Å². The third kappa shape index (κ3) is 3.68. The van der Waals surface area contributed by atoms with Crippen LogP contribution >= 0.6 is 0 Å². The van der Waals surface area contributed by atoms with Gasteiger partial charge in [-0.3, -0.25) is 14.9 Å². The fraction of sp³-hybridized carbons (Fsp3) is 0.158. The van der Waals surface area contributed by atoms with Crippen LogP contribution in [0.3, 0.4) is 0 Å². The first-order chi connectivity index (χ1) is 12.6. The number of nitrogens with zero attached hydrogens (tertiary/aromatic N) is 2. The molecule has 0 bridgehead atoms. The van der Waals surface area contributed by atoms with Gasteiger partial charge in [-0.2, -0.15) is 5.10 Å². The zero-order valence-corrected chi connectivity index (χ0v) is 14.6. The van der Waals surface area contributed by atoms with Crippen molar-refractivity contribution in [2.75, 3.05) is 14.2 Å². The number of rotatable bonds is 6. The van der Waals surface area contributed by atoms with Crippen molar-refractivity contribution in [3.63, 3.8) is 0 Å². The minimum absolute atomic E-state index is 0.256. The molecular weight excluding hydrogens is 332 g/mol. The van der Waals surface area contributed by atoms with Crippen molar-refractivity contribution >= 4 is 5.91 Å². The molecule has 26 heavy (non-hydrogen) atoms. The molecule has 0 unspecified atom stereocenters. The summed E-state index contributed by atoms with van der Waals surface area (Å²) in [5, 5.41) is 4.40. The van der Waals surface area contributed by atoms with Gasteiger partial charge in [-0.15, -0.1) is 0 Å². The van der Waals surface area contributed by atoms with E-state index in [4.69, 9.17) is 15.3 Å². The summed E-state index contributed by atoms with van der Waals surface area (Å²) in [4.78, 5) is 11.9. The Hall–Kier alpha value is -3.32. The van der Waals surface area contributed by atoms with Crippen LogP contribution in [0.1, 0.15) is 16.1 Å². The molecule has 2 aromatic carbocycles. The molecule has 1 aromatic heterocycles. The van der Waals surface area contributed by atoms with Gasteiger partial charge in [0.15, 0.2) is 5.69 Å². The Morgan fingerprint density at radius 3 is 2.15 bits per heavy atom. The van der Waals surface area contributed by atoms with Crippen molar-refractivity contribution in [1.29, 1.82) is 0 Å². The van der Waals surface area contributed by atoms with Gasteiger partial charge in [-0.05, 0) is 48.0 Å². The number of hydrogen-bond donors (Lipinski definition) is 2. The molecule has 0 saturated carbocycles. The molecule has 1 heterocycles. The summed E-state index contributed by atoms with van der Waals surface area (Å²) in [6, 6.07) is 17.0. The van der Waals surface area contributed by atoms with Crippen molar-refractivity contribution in [1.82, 2.24) is 15.2 Å². The molecule has 0 aliphatic carbocycles. The average molecular weight is 352 g/mol. The summed E-state index contributed by atoms with van der Waals surface area (Å²) in [6.45, 7) is 0.503. The van der Waals surface area contributed by atoms with Gasteiger partial charge >= 0.3 is 0 Å². The predicted octanol–water partition coefficient (Wildman–Crippen LogP) is 2.22. The zero-order valence-electron chi connectivity index (χ0n) is 14.6. The van der Waals surface area contributed by atoms with Crippen molar-refractivity contribution < 1.29 is 14.3 Å². The van der Waals surface area contributed by atoms with E-state index in [1.165, 1.54) is 0 Å². The van der Waals surface area contributed by atoms with Gasteiger partial charge < -0.3 is 9.47 Å². The summed E-state index contributed by atoms with van der Waals surface area (Å²) < 4.78 is 12.2. The van der Waals surface area contributed by atoms with E-state index in [2.05, 4.69) is 10.5 Å². The Kier molecular flexibility index (Phi) is 5.19. The first-order valence-electron chi connectivity index (χ1n) is 8.00. The van der Waals surface area contributed by atoms with E-state index in [0.29, 0.717) is 6.54 Å². The van der Waals surface area contributed by atoms with Crippen LogP contribution in [0.5, 0.6) is 11.5 Å². The number of nitrogens with two attached hydrogens (primary N) is 1. The molecule has 0 atom stereocenters. The minimum Gasteiger partial charge on any atom is -0.497 e. The SMILES string of the molecule is COc1ccc(Cn2nc(C(=O)NN)cc2-c2ccc(OC)cc2)cc1. The molecule has 134 valence electrons. The van der Waals surface area contributed by atoms with Gasteiger partial charge in [-0.1, -0.05) is 12.1 Å². The maximum absolute atomic E-state index is 11.9. The lowest BCUT2D eigenvalue weighted by Crippen LogP contribution is -2.30. The summed E-state index contributed by atoms with van der Waals surface area (Å²) in [5.41, 5.74) is 5.13. The van der Waals surface area contributed by atoms with Crippen LogP contribution in [0.25, 0.3) is 11.3 Å². The molecule has 0 radical (unpaired) electrons. The maximum Gasteiger partial charge on any atom is 0.285 e. The predicted molar refractivity (Wildman–Crippen MR) is 98.0 cm³/mol. The van der Waals surface area contributed by atoms with E-state index in [-0.39, 0.29) is 5.69 Å². The number of carbonyl (C=O) groups is 1. The van der Waals surface area contributed by atoms with E-state index in [9.17, 15) is 4.79 Å². The Bertz CT molecular complexity index is 886. The summed E-state index contributed by atoms with van der Waals surface area (Å²) >= 11 is 0. The molecule has 7 heteroatoms. The number of benzene rings is 2. The molecule has 3 N–H and O–H groups in total. The number of amides is 1. The average Bonchev–Trinajstić information content (AvgIpc) is 3.11. The second kappa shape index (κ2) is 7.71. The van der Waals surface area contributed by atoms with E-state index >= 15 is 0 Å². The van der Waals surface area contributed by atoms with Crippen molar-refractivity contribution in [3.8, 4) is 22.8 Å². The van der Waals surface area contributed by atoms with E-state index in [1.807, 2.05) is 48.5 Å². The first kappa shape index (κ1) is 17.5. The number of hydrazine groups is 1. The topological polar surface area (TPSA) is 91.4 Å². The molecule has 1 amide bonds. The number of nitrogens with one attached hydrogen (secondary N) is 1. The lowest BCUT2D eigenvalue weighted by atomic mass is 10.1. The summed E-state index contributed by atoms with van der Waals surface area (Å²) in [6.07, 6.45) is 0. The van der Waals surface area contributed by atoms with Crippen LogP contribution in [-0.2, 0) is 6.54 Å². The lowest BCUT2D eigenvalue weighted by Gasteiger charge is -2.09. The minimum atomic E-state index is -0.437. The monoisotopic (exact) mass is 352 g/mol. The van der Waals surface area contributed by atoms with E-state index in [0.717, 1.165) is 28.3 Å². The number of methoxy groups -OCH3 is 2. The number of nitrogen functional groups attached to an aromatic ring is 1. The smallest absolute Gasteiger partial charge is 0.285 e. The Morgan fingerprint density at radius 1 is 1.04 bits per heavy atom. The molecule has 7 nitrogen and oxygen atoms in total. The highest BCUT2D eigenvalue weighted by Gasteiger charge is 2.15. The van der Waals surface area contributed by atoms with Gasteiger partial charge in [0.2, 0.25) is 0 Å². The molecule has 0 fully saturated rings. The van der Waals surface area contributed by atoms with Crippen molar-refractivity contribution in [2.24, 2.45) is 5.84 Å². The van der Waals surface area contributed by atoms with Crippen LogP contribution in [-0.4, -0.2) is 29.9 Å². The second-order valence-corrected chi connectivity index (χ2v) is 5.62. The molecule has 0 saturated heterocycles. The van der Waals surface area contributed by atoms with Crippen LogP contribution in [0.2, 0.25) is 0 Å². The van der Waals surface area contributed by atoms with Crippen LogP contribution in [0, 0.1) is 0 Å². The Labute approximate surface area is 151 Å². The van der Waals surface area contributed by atoms with Gasteiger partial charge in [0.1, 0.15) is 11.5 Å². The normalized spacial score (nSPS) is 10.4. The first-order valence-corrected chi connectivity index (χ1v) is 8.00.